The second kappa shape index (κ2) is 12.3. The van der Waals surface area contributed by atoms with Crippen molar-refractivity contribution < 1.29 is 22.7 Å². The summed E-state index contributed by atoms with van der Waals surface area (Å²) in [7, 11) is -1.26. The molecule has 4 aromatic rings. The Morgan fingerprint density at radius 1 is 0.951 bits per heavy atom. The van der Waals surface area contributed by atoms with Crippen molar-refractivity contribution in [2.45, 2.75) is 32.6 Å². The molecule has 0 spiro atoms. The molecule has 9 nitrogen and oxygen atoms in total. The van der Waals surface area contributed by atoms with Gasteiger partial charge in [0.1, 0.15) is 18.0 Å². The van der Waals surface area contributed by atoms with Crippen molar-refractivity contribution in [1.82, 2.24) is 9.99 Å². The van der Waals surface area contributed by atoms with Crippen molar-refractivity contribution in [2.24, 2.45) is 5.10 Å². The number of aromatic nitrogens is 1. The molecule has 1 aromatic heterocycles. The Balaban J connectivity index is 1.63. The molecule has 0 atom stereocenters. The molecule has 0 aliphatic heterocycles. The van der Waals surface area contributed by atoms with E-state index >= 15 is 0 Å². The quantitative estimate of drug-likeness (QED) is 0.210. The number of hydrogen-bond acceptors (Lipinski definition) is 6. The van der Waals surface area contributed by atoms with Gasteiger partial charge in [-0.25, -0.2) is 13.8 Å². The van der Waals surface area contributed by atoms with Crippen LogP contribution >= 0.6 is 0 Å². The molecule has 0 unspecified atom stereocenters. The van der Waals surface area contributed by atoms with E-state index < -0.39 is 22.5 Å². The Bertz CT molecular complexity index is 1690. The summed E-state index contributed by atoms with van der Waals surface area (Å²) in [5.41, 5.74) is 8.55. The minimum Gasteiger partial charge on any atom is -0.497 e. The van der Waals surface area contributed by atoms with Crippen molar-refractivity contribution in [3.63, 3.8) is 0 Å². The van der Waals surface area contributed by atoms with Gasteiger partial charge >= 0.3 is 0 Å². The summed E-state index contributed by atoms with van der Waals surface area (Å²) >= 11 is 0. The zero-order valence-electron chi connectivity index (χ0n) is 24.0. The first-order chi connectivity index (χ1) is 19.6. The molecule has 0 saturated heterocycles. The van der Waals surface area contributed by atoms with Crippen molar-refractivity contribution >= 4 is 27.8 Å². The Hall–Kier alpha value is -4.57. The predicted molar refractivity (Wildman–Crippen MR) is 161 cm³/mol. The van der Waals surface area contributed by atoms with Crippen LogP contribution in [-0.2, 0) is 14.8 Å². The number of anilines is 1. The highest BCUT2D eigenvalue weighted by Crippen LogP contribution is 2.35. The topological polar surface area (TPSA) is 102 Å². The highest BCUT2D eigenvalue weighted by Gasteiger charge is 2.30. The molecule has 0 aliphatic rings. The number of carbonyl (C=O) groups is 1. The normalized spacial score (nSPS) is 11.5. The number of benzene rings is 3. The molecule has 3 aromatic carbocycles. The van der Waals surface area contributed by atoms with Gasteiger partial charge in [-0.1, -0.05) is 35.9 Å². The Morgan fingerprint density at radius 3 is 2.32 bits per heavy atom. The van der Waals surface area contributed by atoms with Crippen LogP contribution in [0.2, 0.25) is 0 Å². The summed E-state index contributed by atoms with van der Waals surface area (Å²) in [6, 6.07) is 21.2. The van der Waals surface area contributed by atoms with Gasteiger partial charge in [-0.2, -0.15) is 5.10 Å². The monoisotopic (exact) mass is 574 g/mol. The highest BCUT2D eigenvalue weighted by atomic mass is 32.2. The SMILES string of the molecule is COc1ccc(OC)c(N(CC(=O)N/N=C\c2cc(C)n(-c3ccccc3C)c2C)S(=O)(=O)c2ccc(C)cc2)c1. The van der Waals surface area contributed by atoms with Crippen molar-refractivity contribution in [3.05, 3.63) is 101 Å². The van der Waals surface area contributed by atoms with E-state index in [4.69, 9.17) is 9.47 Å². The Labute approximate surface area is 241 Å². The third-order valence-electron chi connectivity index (χ3n) is 6.77. The van der Waals surface area contributed by atoms with Gasteiger partial charge in [-0.05, 0) is 69.7 Å². The maximum Gasteiger partial charge on any atom is 0.264 e. The molecule has 0 saturated carbocycles. The summed E-state index contributed by atoms with van der Waals surface area (Å²) < 4.78 is 41.5. The summed E-state index contributed by atoms with van der Waals surface area (Å²) in [5.74, 6) is 0.0447. The number of para-hydroxylation sites is 1. The van der Waals surface area contributed by atoms with E-state index in [1.165, 1.54) is 32.4 Å². The number of hydrogen-bond donors (Lipinski definition) is 1. The lowest BCUT2D eigenvalue weighted by Gasteiger charge is -2.25. The number of aryl methyl sites for hydroxylation is 3. The second-order valence-electron chi connectivity index (χ2n) is 9.60. The molecule has 10 heteroatoms. The summed E-state index contributed by atoms with van der Waals surface area (Å²) in [4.78, 5) is 13.2. The minimum atomic E-state index is -4.16. The molecule has 0 fully saturated rings. The van der Waals surface area contributed by atoms with Crippen molar-refractivity contribution in [1.29, 1.82) is 0 Å². The molecule has 0 aliphatic carbocycles. The summed E-state index contributed by atoms with van der Waals surface area (Å²) in [5, 5.41) is 4.15. The molecule has 1 N–H and O–H groups in total. The van der Waals surface area contributed by atoms with Gasteiger partial charge in [0.25, 0.3) is 15.9 Å². The molecule has 41 heavy (non-hydrogen) atoms. The average Bonchev–Trinajstić information content (AvgIpc) is 3.24. The zero-order chi connectivity index (χ0) is 29.7. The van der Waals surface area contributed by atoms with Gasteiger partial charge in [-0.15, -0.1) is 0 Å². The number of sulfonamides is 1. The number of hydrazone groups is 1. The van der Waals surface area contributed by atoms with E-state index in [9.17, 15) is 13.2 Å². The zero-order valence-corrected chi connectivity index (χ0v) is 24.8. The fourth-order valence-corrected chi connectivity index (χ4v) is 6.00. The fraction of sp³-hybridized carbons (Fsp3) is 0.226. The number of carbonyl (C=O) groups excluding carboxylic acids is 1. The third-order valence-corrected chi connectivity index (χ3v) is 8.54. The lowest BCUT2D eigenvalue weighted by molar-refractivity contribution is -0.119. The van der Waals surface area contributed by atoms with Crippen LogP contribution in [0.4, 0.5) is 5.69 Å². The number of nitrogens with one attached hydrogen (secondary N) is 1. The molecular formula is C31H34N4O5S. The van der Waals surface area contributed by atoms with E-state index in [1.54, 1.807) is 30.5 Å². The van der Waals surface area contributed by atoms with Crippen LogP contribution < -0.4 is 19.2 Å². The largest absolute Gasteiger partial charge is 0.497 e. The smallest absolute Gasteiger partial charge is 0.264 e. The number of nitrogens with zero attached hydrogens (tertiary/aromatic N) is 3. The maximum absolute atomic E-state index is 13.8. The van der Waals surface area contributed by atoms with E-state index in [1.807, 2.05) is 45.0 Å². The van der Waals surface area contributed by atoms with E-state index in [2.05, 4.69) is 28.1 Å². The van der Waals surface area contributed by atoms with Crippen molar-refractivity contribution in [2.75, 3.05) is 25.1 Å². The van der Waals surface area contributed by atoms with Crippen LogP contribution in [-0.4, -0.2) is 45.9 Å². The van der Waals surface area contributed by atoms with Crippen molar-refractivity contribution in [3.8, 4) is 17.2 Å². The van der Waals surface area contributed by atoms with Crippen LogP contribution in [0.1, 0.15) is 28.1 Å². The maximum atomic E-state index is 13.8. The molecule has 0 radical (unpaired) electrons. The van der Waals surface area contributed by atoms with Crippen LogP contribution in [0.5, 0.6) is 11.5 Å². The lowest BCUT2D eigenvalue weighted by atomic mass is 10.2. The Kier molecular flexibility index (Phi) is 8.83. The van der Waals surface area contributed by atoms with Gasteiger partial charge in [0.15, 0.2) is 0 Å². The second-order valence-corrected chi connectivity index (χ2v) is 11.5. The molecule has 1 heterocycles. The lowest BCUT2D eigenvalue weighted by Crippen LogP contribution is -2.39. The molecule has 214 valence electrons. The Morgan fingerprint density at radius 2 is 1.66 bits per heavy atom. The first-order valence-electron chi connectivity index (χ1n) is 12.9. The molecule has 1 amide bonds. The molecular weight excluding hydrogens is 540 g/mol. The van der Waals surface area contributed by atoms with Gasteiger partial charge in [0.2, 0.25) is 0 Å². The van der Waals surface area contributed by atoms with Crippen LogP contribution in [0, 0.1) is 27.7 Å². The van der Waals surface area contributed by atoms with Gasteiger partial charge in [-0.3, -0.25) is 9.10 Å². The standard InChI is InChI=1S/C31H34N4O5S/c1-21-11-14-27(15-12-21)41(37,38)34(29-18-26(39-5)13-16-30(29)40-6)20-31(36)33-32-19-25-17-23(3)35(24(25)4)28-10-8-7-9-22(28)2/h7-19H,20H2,1-6H3,(H,33,36)/b32-19-. The molecule has 4 rings (SSSR count). The van der Waals surface area contributed by atoms with Gasteiger partial charge < -0.3 is 14.0 Å². The highest BCUT2D eigenvalue weighted by molar-refractivity contribution is 7.92. The number of ether oxygens (including phenoxy) is 2. The van der Waals surface area contributed by atoms with Gasteiger partial charge in [0, 0.05) is 28.7 Å². The van der Waals surface area contributed by atoms with E-state index in [-0.39, 0.29) is 16.3 Å². The van der Waals surface area contributed by atoms with Crippen LogP contribution in [0.15, 0.2) is 82.8 Å². The summed E-state index contributed by atoms with van der Waals surface area (Å²) in [6.07, 6.45) is 1.56. The average molecular weight is 575 g/mol. The number of methoxy groups -OCH3 is 2. The fourth-order valence-electron chi connectivity index (χ4n) is 4.57. The van der Waals surface area contributed by atoms with Crippen LogP contribution in [0.3, 0.4) is 0 Å². The molecule has 0 bridgehead atoms. The van der Waals surface area contributed by atoms with E-state index in [0.717, 1.165) is 38.1 Å². The first kappa shape index (κ1) is 29.4. The number of amides is 1. The van der Waals surface area contributed by atoms with E-state index in [0.29, 0.717) is 5.75 Å². The van der Waals surface area contributed by atoms with Crippen LogP contribution in [0.25, 0.3) is 5.69 Å². The summed E-state index contributed by atoms with van der Waals surface area (Å²) in [6.45, 7) is 7.36. The number of rotatable bonds is 10. The van der Waals surface area contributed by atoms with Gasteiger partial charge in [0.05, 0.1) is 31.0 Å². The third kappa shape index (κ3) is 6.28. The first-order valence-corrected chi connectivity index (χ1v) is 14.4. The minimum absolute atomic E-state index is 0.0351. The predicted octanol–water partition coefficient (Wildman–Crippen LogP) is 5.07.